The van der Waals surface area contributed by atoms with Gasteiger partial charge in [0.25, 0.3) is 0 Å². The smallest absolute Gasteiger partial charge is 0.335 e. The summed E-state index contributed by atoms with van der Waals surface area (Å²) in [7, 11) is -3.19. The molecule has 34 heavy (non-hydrogen) atoms. The molecule has 1 atom stereocenters. The van der Waals surface area contributed by atoms with Gasteiger partial charge in [0.1, 0.15) is 6.04 Å². The van der Waals surface area contributed by atoms with Crippen LogP contribution in [0.4, 0.5) is 0 Å². The minimum Gasteiger partial charge on any atom is -0.480 e. The maximum absolute atomic E-state index is 12.7. The van der Waals surface area contributed by atoms with Gasteiger partial charge in [0.2, 0.25) is 5.91 Å². The lowest BCUT2D eigenvalue weighted by Crippen LogP contribution is -2.42. The van der Waals surface area contributed by atoms with E-state index in [9.17, 15) is 19.3 Å². The average molecular weight is 498 g/mol. The van der Waals surface area contributed by atoms with Gasteiger partial charge < -0.3 is 19.5 Å². The Balaban J connectivity index is 2.44. The van der Waals surface area contributed by atoms with Gasteiger partial charge in [-0.1, -0.05) is 82.6 Å². The molecule has 0 fully saturated rings. The van der Waals surface area contributed by atoms with Crippen LogP contribution in [0.3, 0.4) is 0 Å². The molecule has 1 aromatic carbocycles. The Kier molecular flexibility index (Phi) is 15.8. The van der Waals surface area contributed by atoms with Crippen molar-refractivity contribution >= 4 is 19.5 Å². The first-order chi connectivity index (χ1) is 16.3. The fourth-order valence-electron chi connectivity index (χ4n) is 3.82. The number of carboxylic acid groups (broad SMARTS) is 1. The average Bonchev–Trinajstić information content (AvgIpc) is 2.79. The minimum atomic E-state index is -3.19. The highest BCUT2D eigenvalue weighted by molar-refractivity contribution is 7.53. The largest absolute Gasteiger partial charge is 0.480 e. The highest BCUT2D eigenvalue weighted by Crippen LogP contribution is 2.51. The van der Waals surface area contributed by atoms with E-state index in [0.717, 1.165) is 30.4 Å². The van der Waals surface area contributed by atoms with Crippen molar-refractivity contribution in [3.8, 4) is 0 Å². The Morgan fingerprint density at radius 3 is 1.85 bits per heavy atom. The van der Waals surface area contributed by atoms with Gasteiger partial charge in [-0.3, -0.25) is 9.36 Å². The van der Waals surface area contributed by atoms with Crippen LogP contribution in [0.5, 0.6) is 0 Å². The van der Waals surface area contributed by atoms with Crippen LogP contribution in [0, 0.1) is 0 Å². The van der Waals surface area contributed by atoms with Crippen LogP contribution in [0.1, 0.15) is 96.1 Å². The Morgan fingerprint density at radius 2 is 1.35 bits per heavy atom. The molecular weight excluding hydrogens is 453 g/mol. The summed E-state index contributed by atoms with van der Waals surface area (Å²) in [5, 5.41) is 12.2. The molecule has 1 amide bonds. The molecule has 1 rings (SSSR count). The van der Waals surface area contributed by atoms with Crippen LogP contribution in [0.2, 0.25) is 0 Å². The molecule has 0 radical (unpaired) electrons. The number of carbonyl (C=O) groups is 2. The zero-order valence-corrected chi connectivity index (χ0v) is 22.1. The Bertz CT molecular complexity index is 742. The van der Waals surface area contributed by atoms with E-state index >= 15 is 0 Å². The quantitative estimate of drug-likeness (QED) is 0.158. The van der Waals surface area contributed by atoms with Gasteiger partial charge >= 0.3 is 13.6 Å². The molecule has 0 aliphatic heterocycles. The van der Waals surface area contributed by atoms with E-state index in [1.807, 2.05) is 0 Å². The summed E-state index contributed by atoms with van der Waals surface area (Å²) < 4.78 is 23.3. The lowest BCUT2D eigenvalue weighted by molar-refractivity contribution is -0.141. The molecule has 0 spiro atoms. The first kappa shape index (κ1) is 30.3. The predicted molar refractivity (Wildman–Crippen MR) is 136 cm³/mol. The van der Waals surface area contributed by atoms with E-state index < -0.39 is 19.6 Å². The molecule has 0 aliphatic carbocycles. The molecule has 0 aromatic heterocycles. The molecule has 1 aromatic rings. The monoisotopic (exact) mass is 497 g/mol. The van der Waals surface area contributed by atoms with Gasteiger partial charge in [-0.2, -0.15) is 0 Å². The van der Waals surface area contributed by atoms with Crippen molar-refractivity contribution in [2.24, 2.45) is 0 Å². The maximum Gasteiger partial charge on any atom is 0.335 e. The maximum atomic E-state index is 12.7. The van der Waals surface area contributed by atoms with E-state index in [4.69, 9.17) is 9.05 Å². The molecule has 0 bridgehead atoms. The molecule has 2 N–H and O–H groups in total. The van der Waals surface area contributed by atoms with E-state index in [-0.39, 0.29) is 18.5 Å². The lowest BCUT2D eigenvalue weighted by Gasteiger charge is -2.17. The number of unbranched alkanes of at least 4 members (excludes halogenated alkanes) is 8. The fraction of sp³-hybridized carbons (Fsp3) is 0.692. The second-order valence-corrected chi connectivity index (χ2v) is 10.7. The predicted octanol–water partition coefficient (Wildman–Crippen LogP) is 6.49. The van der Waals surface area contributed by atoms with Gasteiger partial charge in [-0.25, -0.2) is 4.79 Å². The molecule has 8 heteroatoms. The molecular formula is C26H44NO6P. The molecule has 0 unspecified atom stereocenters. The number of amides is 1. The molecule has 194 valence electrons. The van der Waals surface area contributed by atoms with Crippen molar-refractivity contribution in [3.63, 3.8) is 0 Å². The number of carboxylic acids is 1. The van der Waals surface area contributed by atoms with E-state index in [1.165, 1.54) is 38.5 Å². The van der Waals surface area contributed by atoms with Crippen molar-refractivity contribution in [1.29, 1.82) is 0 Å². The fourth-order valence-corrected chi connectivity index (χ4v) is 5.53. The molecule has 0 saturated heterocycles. The third-order valence-corrected chi connectivity index (χ3v) is 7.69. The summed E-state index contributed by atoms with van der Waals surface area (Å²) >= 11 is 0. The minimum absolute atomic E-state index is 0.160. The van der Waals surface area contributed by atoms with Gasteiger partial charge in [0, 0.05) is 12.8 Å². The van der Waals surface area contributed by atoms with Gasteiger partial charge in [0.05, 0.1) is 19.4 Å². The topological polar surface area (TPSA) is 102 Å². The van der Waals surface area contributed by atoms with Crippen molar-refractivity contribution in [1.82, 2.24) is 5.32 Å². The zero-order chi connectivity index (χ0) is 25.2. The highest BCUT2D eigenvalue weighted by atomic mass is 31.2. The third kappa shape index (κ3) is 13.3. The van der Waals surface area contributed by atoms with Crippen LogP contribution in [0.25, 0.3) is 0 Å². The zero-order valence-electron chi connectivity index (χ0n) is 21.2. The number of rotatable bonds is 20. The number of nitrogens with one attached hydrogen (secondary N) is 1. The van der Waals surface area contributed by atoms with Crippen LogP contribution >= 0.6 is 7.60 Å². The Morgan fingerprint density at radius 1 is 0.853 bits per heavy atom. The second kappa shape index (κ2) is 17.7. The van der Waals surface area contributed by atoms with Crippen molar-refractivity contribution in [2.75, 3.05) is 13.2 Å². The highest BCUT2D eigenvalue weighted by Gasteiger charge is 2.24. The Labute approximate surface area is 205 Å². The number of hydrogen-bond donors (Lipinski definition) is 2. The molecule has 0 aliphatic rings. The number of benzene rings is 1. The summed E-state index contributed by atoms with van der Waals surface area (Å²) in [6.07, 6.45) is 11.2. The van der Waals surface area contributed by atoms with E-state index in [0.29, 0.717) is 19.6 Å². The van der Waals surface area contributed by atoms with Crippen LogP contribution in [-0.2, 0) is 35.8 Å². The lowest BCUT2D eigenvalue weighted by atomic mass is 10.0. The first-order valence-electron chi connectivity index (χ1n) is 12.8. The van der Waals surface area contributed by atoms with Crippen LogP contribution in [-0.4, -0.2) is 36.2 Å². The Hall–Kier alpha value is -1.69. The summed E-state index contributed by atoms with van der Waals surface area (Å²) in [6, 6.07) is 6.20. The second-order valence-electron chi connectivity index (χ2n) is 8.66. The SMILES string of the molecule is CCCCCCCCCCCC(=O)N[C@@H](Cc1ccc(CP(=O)(OCC)OCC)cc1)C(=O)O. The van der Waals surface area contributed by atoms with Gasteiger partial charge in [-0.05, 0) is 31.4 Å². The van der Waals surface area contributed by atoms with Crippen molar-refractivity contribution in [2.45, 2.75) is 104 Å². The normalized spacial score (nSPS) is 12.4. The van der Waals surface area contributed by atoms with Crippen LogP contribution < -0.4 is 5.32 Å². The van der Waals surface area contributed by atoms with Crippen molar-refractivity contribution < 1.29 is 28.3 Å². The number of aliphatic carboxylic acids is 1. The van der Waals surface area contributed by atoms with E-state index in [1.54, 1.807) is 38.1 Å². The third-order valence-electron chi connectivity index (χ3n) is 5.63. The number of hydrogen-bond acceptors (Lipinski definition) is 5. The molecule has 0 saturated carbocycles. The van der Waals surface area contributed by atoms with Crippen LogP contribution in [0.15, 0.2) is 24.3 Å². The molecule has 7 nitrogen and oxygen atoms in total. The molecule has 0 heterocycles. The summed E-state index contributed by atoms with van der Waals surface area (Å²) in [6.45, 7) is 6.35. The van der Waals surface area contributed by atoms with E-state index in [2.05, 4.69) is 12.2 Å². The van der Waals surface area contributed by atoms with Gasteiger partial charge in [-0.15, -0.1) is 0 Å². The van der Waals surface area contributed by atoms with Gasteiger partial charge in [0.15, 0.2) is 0 Å². The summed E-state index contributed by atoms with van der Waals surface area (Å²) in [5.74, 6) is -1.27. The number of carbonyl (C=O) groups excluding carboxylic acids is 1. The van der Waals surface area contributed by atoms with Crippen molar-refractivity contribution in [3.05, 3.63) is 35.4 Å². The standard InChI is InChI=1S/C26H44NO6P/c1-4-7-8-9-10-11-12-13-14-15-25(28)27-24(26(29)30)20-22-16-18-23(19-17-22)21-34(31,32-5-2)33-6-3/h16-19,24H,4-15,20-21H2,1-3H3,(H,27,28)(H,29,30)/t24-/m0/s1. The first-order valence-corrected chi connectivity index (χ1v) is 14.5. The summed E-state index contributed by atoms with van der Waals surface area (Å²) in [5.41, 5.74) is 1.57. The summed E-state index contributed by atoms with van der Waals surface area (Å²) in [4.78, 5) is 23.9.